The predicted octanol–water partition coefficient (Wildman–Crippen LogP) is 10.9. The lowest BCUT2D eigenvalue weighted by atomic mass is 9.78. The smallest absolute Gasteiger partial charge is 0.306 e. The normalized spacial score (nSPS) is 14.4. The van der Waals surface area contributed by atoms with Crippen LogP contribution in [-0.4, -0.2) is 158 Å². The van der Waals surface area contributed by atoms with Crippen LogP contribution in [0.4, 0.5) is 0 Å². The van der Waals surface area contributed by atoms with Gasteiger partial charge in [0.1, 0.15) is 24.8 Å². The van der Waals surface area contributed by atoms with Crippen molar-refractivity contribution in [2.45, 2.75) is 264 Å². The van der Waals surface area contributed by atoms with E-state index in [0.717, 1.165) is 81.8 Å². The average molecular weight is 1360 g/mol. The summed E-state index contributed by atoms with van der Waals surface area (Å²) in [5.41, 5.74) is 7.23. The molecule has 4 amide bonds. The highest BCUT2D eigenvalue weighted by molar-refractivity contribution is 5.96. The number of carboxylic acids is 3. The maximum absolute atomic E-state index is 13.2. The third-order valence-corrected chi connectivity index (χ3v) is 17.4. The molecule has 1 aromatic carbocycles. The van der Waals surface area contributed by atoms with Crippen molar-refractivity contribution in [3.05, 3.63) is 35.4 Å². The van der Waals surface area contributed by atoms with E-state index >= 15 is 0 Å². The van der Waals surface area contributed by atoms with Crippen LogP contribution in [0.25, 0.3) is 0 Å². The van der Waals surface area contributed by atoms with E-state index in [-0.39, 0.29) is 156 Å². The summed E-state index contributed by atoms with van der Waals surface area (Å²) in [5, 5.41) is 35.9. The molecule has 546 valence electrons. The Bertz CT molecular complexity index is 2390. The van der Waals surface area contributed by atoms with E-state index in [1.807, 2.05) is 31.2 Å². The van der Waals surface area contributed by atoms with Crippen molar-refractivity contribution >= 4 is 70.5 Å². The number of hydrogen-bond donors (Lipinski definition) is 7. The Balaban J connectivity index is 0.00000167. The number of aryl methyl sites for hydroxylation is 1. The van der Waals surface area contributed by atoms with Crippen LogP contribution in [0.3, 0.4) is 0 Å². The van der Waals surface area contributed by atoms with Crippen LogP contribution < -0.4 is 21.7 Å². The Morgan fingerprint density at radius 2 is 1.00 bits per heavy atom. The summed E-state index contributed by atoms with van der Waals surface area (Å²) in [6.45, 7) is 5.70. The molecule has 0 heterocycles. The van der Waals surface area contributed by atoms with E-state index in [1.165, 1.54) is 71.3 Å². The fourth-order valence-electron chi connectivity index (χ4n) is 11.3. The SMILES string of the molecule is CCC(=O)CC(CCCCCC(=O)c1ccc(C)cc1)C(N)=O.CNC(=O)COCCOCCCC(=O)COCCOCCCC(=O)C(CCC(=O)O)NC(=O)CCC(CC(=O)C1CCC(CNC(=O)CCCCCCCCCCCCCCCCCCC(=O)O)CC1)C(=O)O. The van der Waals surface area contributed by atoms with Gasteiger partial charge in [-0.3, -0.25) is 57.5 Å². The Morgan fingerprint density at radius 3 is 1.53 bits per heavy atom. The van der Waals surface area contributed by atoms with E-state index in [4.69, 9.17) is 29.8 Å². The molecule has 96 heavy (non-hydrogen) atoms. The van der Waals surface area contributed by atoms with Gasteiger partial charge in [-0.1, -0.05) is 139 Å². The van der Waals surface area contributed by atoms with Crippen molar-refractivity contribution in [3.63, 3.8) is 0 Å². The van der Waals surface area contributed by atoms with Gasteiger partial charge in [0, 0.05) is 108 Å². The lowest BCUT2D eigenvalue weighted by Gasteiger charge is -2.28. The van der Waals surface area contributed by atoms with Gasteiger partial charge in [0.2, 0.25) is 23.6 Å². The summed E-state index contributed by atoms with van der Waals surface area (Å²) in [6.07, 6.45) is 26.3. The number of benzene rings is 1. The molecule has 23 nitrogen and oxygen atoms in total. The molecule has 0 radical (unpaired) electrons. The number of unbranched alkanes of at least 4 members (excludes halogenated alkanes) is 17. The standard InChI is InChI=1S/C54H93N3O16.C19H27NO3/c1-55-51(63)41-73-37-35-70-32-18-20-45(58)40-72-36-34-71-33-19-21-47(59)46(29-31-53(66)67)57-50(62)30-28-44(54(68)69)38-48(60)43-26-24-42(25-27-43)39-56-49(61)22-16-14-12-10-8-6-4-2-3-5-7-9-11-13-15-17-23-52(64)65;1-3-17(21)13-16(19(20)23)7-5-4-6-8-18(22)15-11-9-14(2)10-12-15/h42-44,46H,2-41H2,1H3,(H,55,63)(H,56,61)(H,57,62)(H,64,65)(H,66,67)(H,68,69);9-12,16H,3-8,13H2,1-2H3,(H2,20,23). The molecule has 0 spiro atoms. The van der Waals surface area contributed by atoms with Crippen LogP contribution in [0.15, 0.2) is 24.3 Å². The van der Waals surface area contributed by atoms with Crippen molar-refractivity contribution in [2.75, 3.05) is 66.4 Å². The monoisotopic (exact) mass is 1360 g/mol. The second kappa shape index (κ2) is 57.7. The van der Waals surface area contributed by atoms with Crippen molar-refractivity contribution in [1.29, 1.82) is 0 Å². The molecule has 8 N–H and O–H groups in total. The van der Waals surface area contributed by atoms with Crippen LogP contribution in [0, 0.1) is 30.6 Å². The van der Waals surface area contributed by atoms with Gasteiger partial charge < -0.3 is 56.0 Å². The fourth-order valence-corrected chi connectivity index (χ4v) is 11.3. The largest absolute Gasteiger partial charge is 0.481 e. The van der Waals surface area contributed by atoms with E-state index in [0.29, 0.717) is 71.1 Å². The third-order valence-electron chi connectivity index (χ3n) is 17.4. The van der Waals surface area contributed by atoms with Gasteiger partial charge in [-0.25, -0.2) is 0 Å². The van der Waals surface area contributed by atoms with E-state index in [9.17, 15) is 67.7 Å². The summed E-state index contributed by atoms with van der Waals surface area (Å²) in [6, 6.07) is 6.51. The number of aliphatic carboxylic acids is 3. The topological polar surface area (TPSA) is 365 Å². The summed E-state index contributed by atoms with van der Waals surface area (Å²) in [7, 11) is 1.52. The minimum atomic E-state index is -1.19. The number of primary amides is 1. The van der Waals surface area contributed by atoms with Gasteiger partial charge in [-0.15, -0.1) is 0 Å². The number of nitrogens with two attached hydrogens (primary N) is 1. The predicted molar refractivity (Wildman–Crippen MR) is 365 cm³/mol. The first-order valence-corrected chi connectivity index (χ1v) is 35.9. The molecule has 0 aromatic heterocycles. The maximum Gasteiger partial charge on any atom is 0.306 e. The molecular formula is C73H120N4O19. The molecule has 1 aliphatic carbocycles. The van der Waals surface area contributed by atoms with Gasteiger partial charge in [-0.05, 0) is 89.9 Å². The first-order chi connectivity index (χ1) is 46.1. The van der Waals surface area contributed by atoms with Gasteiger partial charge in [-0.2, -0.15) is 0 Å². The molecule has 23 heteroatoms. The summed E-state index contributed by atoms with van der Waals surface area (Å²) >= 11 is 0. The van der Waals surface area contributed by atoms with Gasteiger partial charge >= 0.3 is 17.9 Å². The van der Waals surface area contributed by atoms with Crippen LogP contribution in [0.1, 0.15) is 267 Å². The van der Waals surface area contributed by atoms with Crippen molar-refractivity contribution < 1.29 is 91.8 Å². The van der Waals surface area contributed by atoms with Crippen molar-refractivity contribution in [2.24, 2.45) is 29.4 Å². The second-order valence-corrected chi connectivity index (χ2v) is 25.7. The Morgan fingerprint density at radius 1 is 0.490 bits per heavy atom. The molecule has 3 unspecified atom stereocenters. The number of carboxylic acid groups (broad SMARTS) is 3. The lowest BCUT2D eigenvalue weighted by molar-refractivity contribution is -0.145. The lowest BCUT2D eigenvalue weighted by Crippen LogP contribution is -2.41. The van der Waals surface area contributed by atoms with Crippen LogP contribution in [-0.2, 0) is 71.7 Å². The van der Waals surface area contributed by atoms with E-state index in [2.05, 4.69) is 16.0 Å². The zero-order valence-electron chi connectivity index (χ0n) is 58.4. The fraction of sp³-hybridized carbons (Fsp3) is 0.753. The summed E-state index contributed by atoms with van der Waals surface area (Å²) < 4.78 is 21.3. The Labute approximate surface area is 571 Å². The maximum atomic E-state index is 13.2. The number of ketones is 5. The molecule has 0 bridgehead atoms. The Kier molecular flexibility index (Phi) is 52.8. The van der Waals surface area contributed by atoms with Gasteiger partial charge in [0.15, 0.2) is 17.3 Å². The first kappa shape index (κ1) is 87.7. The highest BCUT2D eigenvalue weighted by atomic mass is 16.5. The minimum absolute atomic E-state index is 0.000444. The molecule has 1 fully saturated rings. The highest BCUT2D eigenvalue weighted by Gasteiger charge is 2.31. The molecule has 2 rings (SSSR count). The zero-order chi connectivity index (χ0) is 71.0. The number of rotatable bonds is 62. The number of carbonyl (C=O) groups excluding carboxylic acids is 9. The molecule has 1 saturated carbocycles. The number of amides is 4. The van der Waals surface area contributed by atoms with Gasteiger partial charge in [0.05, 0.1) is 38.4 Å². The molecule has 0 saturated heterocycles. The number of nitrogens with one attached hydrogen (secondary N) is 3. The number of hydrogen-bond acceptors (Lipinski definition) is 16. The minimum Gasteiger partial charge on any atom is -0.481 e. The summed E-state index contributed by atoms with van der Waals surface area (Å²) in [4.78, 5) is 144. The third kappa shape index (κ3) is 49.2. The van der Waals surface area contributed by atoms with Crippen molar-refractivity contribution in [3.8, 4) is 0 Å². The van der Waals surface area contributed by atoms with E-state index in [1.54, 1.807) is 6.92 Å². The van der Waals surface area contributed by atoms with Crippen LogP contribution in [0.5, 0.6) is 0 Å². The number of Topliss-reactive ketones (excluding diaryl/α,β-unsaturated/α-hetero) is 5. The Hall–Kier alpha value is -6.30. The van der Waals surface area contributed by atoms with Crippen LogP contribution in [0.2, 0.25) is 0 Å². The number of carbonyl (C=O) groups is 12. The molecule has 0 aliphatic heterocycles. The first-order valence-electron chi connectivity index (χ1n) is 35.9. The number of likely N-dealkylation sites (N-methyl/N-ethyl adjacent to an activating group) is 1. The number of ether oxygens (including phenoxy) is 4. The zero-order valence-corrected chi connectivity index (χ0v) is 58.4. The van der Waals surface area contributed by atoms with E-state index < -0.39 is 41.7 Å². The summed E-state index contributed by atoms with van der Waals surface area (Å²) in [5.74, 6) is -6.11. The molecular weight excluding hydrogens is 1240 g/mol. The second-order valence-electron chi connectivity index (χ2n) is 25.7. The quantitative estimate of drug-likeness (QED) is 0.0235. The van der Waals surface area contributed by atoms with Crippen LogP contribution >= 0.6 is 0 Å². The molecule has 3 atom stereocenters. The molecule has 1 aromatic rings. The van der Waals surface area contributed by atoms with Gasteiger partial charge in [0.25, 0.3) is 0 Å². The molecule has 1 aliphatic rings. The average Bonchev–Trinajstić information content (AvgIpc) is 3.33. The van der Waals surface area contributed by atoms with Crippen molar-refractivity contribution in [1.82, 2.24) is 16.0 Å². The highest BCUT2D eigenvalue weighted by Crippen LogP contribution is 2.31.